The van der Waals surface area contributed by atoms with Crippen molar-refractivity contribution in [2.24, 2.45) is 5.73 Å². The lowest BCUT2D eigenvalue weighted by Crippen LogP contribution is -2.11. The van der Waals surface area contributed by atoms with Gasteiger partial charge in [0, 0.05) is 5.70 Å². The normalized spacial score (nSPS) is 13.2. The first-order valence-electron chi connectivity index (χ1n) is 6.66. The predicted octanol–water partition coefficient (Wildman–Crippen LogP) is 3.54. The summed E-state index contributed by atoms with van der Waals surface area (Å²) in [6.45, 7) is 5.68. The molecule has 0 aliphatic heterocycles. The number of sulfone groups is 1. The van der Waals surface area contributed by atoms with Crippen molar-refractivity contribution in [3.8, 4) is 0 Å². The average Bonchev–Trinajstić information content (AvgIpc) is 2.34. The molecule has 0 aliphatic carbocycles. The van der Waals surface area contributed by atoms with E-state index in [2.05, 4.69) is 6.92 Å². The highest BCUT2D eigenvalue weighted by molar-refractivity contribution is 7.95. The third-order valence-corrected chi connectivity index (χ3v) is 5.17. The minimum atomic E-state index is -3.44. The monoisotopic (exact) mass is 281 g/mol. The smallest absolute Gasteiger partial charge is 0.204 e. The SMILES string of the molecule is CCCCCC(=C(C)N)S(=O)(=O)c1ccc(C)cc1. The Balaban J connectivity index is 3.08. The van der Waals surface area contributed by atoms with Gasteiger partial charge < -0.3 is 5.73 Å². The van der Waals surface area contributed by atoms with Gasteiger partial charge in [0.2, 0.25) is 9.84 Å². The molecule has 106 valence electrons. The average molecular weight is 281 g/mol. The standard InChI is InChI=1S/C15H23NO2S/c1-4-5-6-7-15(13(3)16)19(17,18)14-10-8-12(2)9-11-14/h8-11H,4-7,16H2,1-3H3. The molecule has 0 bridgehead atoms. The van der Waals surface area contributed by atoms with E-state index in [0.29, 0.717) is 21.9 Å². The molecule has 0 radical (unpaired) electrons. The van der Waals surface area contributed by atoms with Crippen LogP contribution in [0.5, 0.6) is 0 Å². The number of allylic oxidation sites excluding steroid dienone is 2. The van der Waals surface area contributed by atoms with Crippen molar-refractivity contribution in [3.05, 3.63) is 40.4 Å². The lowest BCUT2D eigenvalue weighted by Gasteiger charge is -2.11. The van der Waals surface area contributed by atoms with E-state index < -0.39 is 9.84 Å². The molecule has 0 unspecified atom stereocenters. The molecule has 1 aromatic carbocycles. The van der Waals surface area contributed by atoms with E-state index in [1.165, 1.54) is 0 Å². The van der Waals surface area contributed by atoms with Gasteiger partial charge in [0.05, 0.1) is 9.80 Å². The third kappa shape index (κ3) is 4.10. The molecule has 4 heteroatoms. The molecule has 0 aromatic heterocycles. The van der Waals surface area contributed by atoms with E-state index in [0.717, 1.165) is 24.8 Å². The van der Waals surface area contributed by atoms with E-state index in [1.807, 2.05) is 19.1 Å². The second kappa shape index (κ2) is 6.75. The topological polar surface area (TPSA) is 60.2 Å². The van der Waals surface area contributed by atoms with Gasteiger partial charge in [-0.25, -0.2) is 8.42 Å². The number of nitrogens with two attached hydrogens (primary N) is 1. The van der Waals surface area contributed by atoms with Crippen LogP contribution in [0.25, 0.3) is 0 Å². The van der Waals surface area contributed by atoms with Crippen LogP contribution < -0.4 is 5.73 Å². The second-order valence-corrected chi connectivity index (χ2v) is 6.85. The number of unbranched alkanes of at least 4 members (excludes halogenated alkanes) is 2. The van der Waals surface area contributed by atoms with Crippen LogP contribution in [0.1, 0.15) is 45.1 Å². The van der Waals surface area contributed by atoms with E-state index in [1.54, 1.807) is 19.1 Å². The van der Waals surface area contributed by atoms with Crippen molar-refractivity contribution in [1.29, 1.82) is 0 Å². The molecule has 19 heavy (non-hydrogen) atoms. The van der Waals surface area contributed by atoms with Gasteiger partial charge in [0.1, 0.15) is 0 Å². The number of rotatable bonds is 6. The fraction of sp³-hybridized carbons (Fsp3) is 0.467. The summed E-state index contributed by atoms with van der Waals surface area (Å²) >= 11 is 0. The highest BCUT2D eigenvalue weighted by Crippen LogP contribution is 2.25. The molecule has 0 heterocycles. The molecule has 2 N–H and O–H groups in total. The van der Waals surface area contributed by atoms with E-state index in [9.17, 15) is 8.42 Å². The molecule has 0 aliphatic rings. The molecule has 1 aromatic rings. The lowest BCUT2D eigenvalue weighted by atomic mass is 10.2. The summed E-state index contributed by atoms with van der Waals surface area (Å²) in [5, 5.41) is 0. The Morgan fingerprint density at radius 3 is 2.21 bits per heavy atom. The number of hydrogen-bond donors (Lipinski definition) is 1. The molecule has 0 amide bonds. The summed E-state index contributed by atoms with van der Waals surface area (Å²) in [5.41, 5.74) is 7.21. The van der Waals surface area contributed by atoms with Crippen LogP contribution in [0, 0.1) is 6.92 Å². The predicted molar refractivity (Wildman–Crippen MR) is 79.4 cm³/mol. The first-order chi connectivity index (χ1) is 8.89. The Morgan fingerprint density at radius 1 is 1.16 bits per heavy atom. The van der Waals surface area contributed by atoms with Gasteiger partial charge in [-0.05, 0) is 38.8 Å². The van der Waals surface area contributed by atoms with E-state index >= 15 is 0 Å². The summed E-state index contributed by atoms with van der Waals surface area (Å²) in [5.74, 6) is 0. The van der Waals surface area contributed by atoms with Crippen LogP contribution in [0.2, 0.25) is 0 Å². The van der Waals surface area contributed by atoms with Crippen molar-refractivity contribution in [2.75, 3.05) is 0 Å². The van der Waals surface area contributed by atoms with Crippen LogP contribution >= 0.6 is 0 Å². The molecule has 0 fully saturated rings. The molecular weight excluding hydrogens is 258 g/mol. The van der Waals surface area contributed by atoms with Gasteiger partial charge in [0.15, 0.2) is 0 Å². The van der Waals surface area contributed by atoms with E-state index in [-0.39, 0.29) is 0 Å². The van der Waals surface area contributed by atoms with Crippen molar-refractivity contribution in [3.63, 3.8) is 0 Å². The number of aryl methyl sites for hydroxylation is 1. The van der Waals surface area contributed by atoms with Crippen LogP contribution in [0.4, 0.5) is 0 Å². The number of hydrogen-bond acceptors (Lipinski definition) is 3. The molecule has 0 saturated heterocycles. The highest BCUT2D eigenvalue weighted by atomic mass is 32.2. The van der Waals surface area contributed by atoms with Gasteiger partial charge >= 0.3 is 0 Å². The van der Waals surface area contributed by atoms with Gasteiger partial charge in [-0.3, -0.25) is 0 Å². The first kappa shape index (κ1) is 15.8. The number of benzene rings is 1. The summed E-state index contributed by atoms with van der Waals surface area (Å²) < 4.78 is 25.1. The minimum absolute atomic E-state index is 0.328. The third-order valence-electron chi connectivity index (χ3n) is 3.10. The summed E-state index contributed by atoms with van der Waals surface area (Å²) in [4.78, 5) is 0.694. The van der Waals surface area contributed by atoms with Crippen molar-refractivity contribution in [1.82, 2.24) is 0 Å². The summed E-state index contributed by atoms with van der Waals surface area (Å²) in [7, 11) is -3.44. The lowest BCUT2D eigenvalue weighted by molar-refractivity contribution is 0.597. The van der Waals surface area contributed by atoms with Crippen LogP contribution in [-0.2, 0) is 9.84 Å². The van der Waals surface area contributed by atoms with Gasteiger partial charge in [0.25, 0.3) is 0 Å². The van der Waals surface area contributed by atoms with Gasteiger partial charge in [-0.2, -0.15) is 0 Å². The van der Waals surface area contributed by atoms with Crippen LogP contribution in [0.15, 0.2) is 39.8 Å². The zero-order valence-electron chi connectivity index (χ0n) is 11.9. The maximum absolute atomic E-state index is 12.5. The van der Waals surface area contributed by atoms with Crippen molar-refractivity contribution >= 4 is 9.84 Å². The maximum atomic E-state index is 12.5. The molecular formula is C15H23NO2S. The zero-order chi connectivity index (χ0) is 14.5. The van der Waals surface area contributed by atoms with Crippen molar-refractivity contribution < 1.29 is 8.42 Å². The molecule has 1 rings (SSSR count). The molecule has 3 nitrogen and oxygen atoms in total. The minimum Gasteiger partial charge on any atom is -0.401 e. The Hall–Kier alpha value is -1.29. The quantitative estimate of drug-likeness (QED) is 0.811. The van der Waals surface area contributed by atoms with Crippen LogP contribution in [-0.4, -0.2) is 8.42 Å². The van der Waals surface area contributed by atoms with Gasteiger partial charge in [-0.1, -0.05) is 37.5 Å². The zero-order valence-corrected chi connectivity index (χ0v) is 12.8. The van der Waals surface area contributed by atoms with Crippen molar-refractivity contribution in [2.45, 2.75) is 51.3 Å². The van der Waals surface area contributed by atoms with E-state index in [4.69, 9.17) is 5.73 Å². The second-order valence-electron chi connectivity index (χ2n) is 4.88. The fourth-order valence-electron chi connectivity index (χ4n) is 1.94. The molecule has 0 atom stereocenters. The fourth-order valence-corrected chi connectivity index (χ4v) is 3.55. The van der Waals surface area contributed by atoms with Gasteiger partial charge in [-0.15, -0.1) is 0 Å². The Bertz CT molecular complexity index is 538. The molecule has 0 spiro atoms. The Kier molecular flexibility index (Phi) is 5.60. The summed E-state index contributed by atoms with van der Waals surface area (Å²) in [6, 6.07) is 6.91. The summed E-state index contributed by atoms with van der Waals surface area (Å²) in [6.07, 6.45) is 3.44. The van der Waals surface area contributed by atoms with Crippen LogP contribution in [0.3, 0.4) is 0 Å². The largest absolute Gasteiger partial charge is 0.401 e. The maximum Gasteiger partial charge on any atom is 0.204 e. The molecule has 0 saturated carbocycles. The first-order valence-corrected chi connectivity index (χ1v) is 8.15. The Morgan fingerprint density at radius 2 is 1.74 bits per heavy atom. The highest BCUT2D eigenvalue weighted by Gasteiger charge is 2.21. The Labute approximate surface area is 116 Å².